The van der Waals surface area contributed by atoms with Gasteiger partial charge in [-0.3, -0.25) is 9.59 Å². The molecule has 0 aromatic heterocycles. The largest absolute Gasteiger partial charge is 0.365 e. The van der Waals surface area contributed by atoms with Gasteiger partial charge in [-0.25, -0.2) is 4.90 Å². The first kappa shape index (κ1) is 21.2. The highest BCUT2D eigenvalue weighted by atomic mass is 35.5. The van der Waals surface area contributed by atoms with Crippen molar-refractivity contribution in [3.63, 3.8) is 0 Å². The number of benzene rings is 3. The minimum Gasteiger partial charge on any atom is -0.365 e. The Morgan fingerprint density at radius 2 is 1.55 bits per heavy atom. The third kappa shape index (κ3) is 4.09. The van der Waals surface area contributed by atoms with Gasteiger partial charge in [0.2, 0.25) is 0 Å². The summed E-state index contributed by atoms with van der Waals surface area (Å²) in [6.45, 7) is 2.45. The summed E-state index contributed by atoms with van der Waals surface area (Å²) >= 11 is 12.5. The molecule has 0 saturated carbocycles. The molecule has 1 heterocycles. The fourth-order valence-corrected chi connectivity index (χ4v) is 4.03. The van der Waals surface area contributed by atoms with Crippen LogP contribution in [0.1, 0.15) is 16.7 Å². The number of carbonyl (C=O) groups is 2. The van der Waals surface area contributed by atoms with E-state index in [1.165, 1.54) is 6.07 Å². The van der Waals surface area contributed by atoms with Crippen LogP contribution in [0.5, 0.6) is 0 Å². The lowest BCUT2D eigenvalue weighted by Crippen LogP contribution is -2.34. The maximum atomic E-state index is 13.6. The van der Waals surface area contributed by atoms with E-state index in [4.69, 9.17) is 23.2 Å². The van der Waals surface area contributed by atoms with Crippen LogP contribution in [-0.4, -0.2) is 23.8 Å². The van der Waals surface area contributed by atoms with Crippen molar-refractivity contribution in [3.05, 3.63) is 105 Å². The zero-order valence-electron chi connectivity index (χ0n) is 17.1. The first-order valence-corrected chi connectivity index (χ1v) is 10.5. The van der Waals surface area contributed by atoms with Crippen LogP contribution in [0, 0.1) is 6.92 Å². The standard InChI is InChI=1S/C25H20Cl2N2O2/c1-16-8-10-18(11-9-16)22-23(28(2)15-17-6-4-3-5-7-17)25(31)29(24(22)30)21-14-19(26)12-13-20(21)27/h3-14H,15H2,1-2H3. The van der Waals surface area contributed by atoms with Crippen LogP contribution in [0.3, 0.4) is 0 Å². The van der Waals surface area contributed by atoms with Crippen LogP contribution in [0.15, 0.2) is 78.5 Å². The molecule has 0 atom stereocenters. The van der Waals surface area contributed by atoms with Crippen molar-refractivity contribution in [2.24, 2.45) is 0 Å². The molecule has 0 unspecified atom stereocenters. The molecular weight excluding hydrogens is 431 g/mol. The summed E-state index contributed by atoms with van der Waals surface area (Å²) in [4.78, 5) is 30.0. The van der Waals surface area contributed by atoms with E-state index in [0.29, 0.717) is 28.4 Å². The highest BCUT2D eigenvalue weighted by Crippen LogP contribution is 2.38. The molecule has 0 saturated heterocycles. The van der Waals surface area contributed by atoms with Crippen molar-refractivity contribution in [1.82, 2.24) is 4.90 Å². The Bertz CT molecular complexity index is 1190. The molecule has 1 aliphatic heterocycles. The number of imide groups is 1. The summed E-state index contributed by atoms with van der Waals surface area (Å²) < 4.78 is 0. The zero-order valence-corrected chi connectivity index (χ0v) is 18.6. The third-order valence-corrected chi connectivity index (χ3v) is 5.75. The van der Waals surface area contributed by atoms with Crippen LogP contribution < -0.4 is 4.90 Å². The maximum Gasteiger partial charge on any atom is 0.282 e. The van der Waals surface area contributed by atoms with Crippen molar-refractivity contribution >= 4 is 46.3 Å². The fourth-order valence-electron chi connectivity index (χ4n) is 3.67. The van der Waals surface area contributed by atoms with Gasteiger partial charge in [-0.2, -0.15) is 0 Å². The number of amides is 2. The van der Waals surface area contributed by atoms with Gasteiger partial charge in [-0.05, 0) is 36.2 Å². The molecule has 0 aliphatic carbocycles. The SMILES string of the molecule is Cc1ccc(C2=C(N(C)Cc3ccccc3)C(=O)N(c3cc(Cl)ccc3Cl)C2=O)cc1. The summed E-state index contributed by atoms with van der Waals surface area (Å²) in [5, 5.41) is 0.671. The Balaban J connectivity index is 1.83. The Morgan fingerprint density at radius 1 is 0.871 bits per heavy atom. The molecule has 0 radical (unpaired) electrons. The van der Waals surface area contributed by atoms with Crippen molar-refractivity contribution in [2.75, 3.05) is 11.9 Å². The van der Waals surface area contributed by atoms with Crippen LogP contribution in [0.2, 0.25) is 10.0 Å². The Kier molecular flexibility index (Phi) is 5.86. The van der Waals surface area contributed by atoms with Crippen LogP contribution >= 0.6 is 23.2 Å². The van der Waals surface area contributed by atoms with E-state index < -0.39 is 11.8 Å². The highest BCUT2D eigenvalue weighted by molar-refractivity contribution is 6.47. The van der Waals surface area contributed by atoms with E-state index in [2.05, 4.69) is 0 Å². The molecule has 4 rings (SSSR count). The lowest BCUT2D eigenvalue weighted by molar-refractivity contribution is -0.120. The van der Waals surface area contributed by atoms with Crippen LogP contribution in [0.25, 0.3) is 5.57 Å². The van der Waals surface area contributed by atoms with Gasteiger partial charge in [-0.15, -0.1) is 0 Å². The molecule has 0 bridgehead atoms. The number of nitrogens with zero attached hydrogens (tertiary/aromatic N) is 2. The topological polar surface area (TPSA) is 40.6 Å². The number of aryl methyl sites for hydroxylation is 1. The number of likely N-dealkylation sites (N-methyl/N-ethyl adjacent to an activating group) is 1. The minimum absolute atomic E-state index is 0.275. The smallest absolute Gasteiger partial charge is 0.282 e. The summed E-state index contributed by atoms with van der Waals surface area (Å²) in [6.07, 6.45) is 0. The van der Waals surface area contributed by atoms with Crippen molar-refractivity contribution in [1.29, 1.82) is 0 Å². The predicted octanol–water partition coefficient (Wildman–Crippen LogP) is 5.72. The Hall–Kier alpha value is -3.08. The minimum atomic E-state index is -0.428. The average Bonchev–Trinajstić information content (AvgIpc) is 3.01. The highest BCUT2D eigenvalue weighted by Gasteiger charge is 2.42. The lowest BCUT2D eigenvalue weighted by Gasteiger charge is -2.22. The van der Waals surface area contributed by atoms with Gasteiger partial charge in [0.15, 0.2) is 0 Å². The van der Waals surface area contributed by atoms with E-state index >= 15 is 0 Å². The average molecular weight is 451 g/mol. The second-order valence-corrected chi connectivity index (χ2v) is 8.32. The normalized spacial score (nSPS) is 13.9. The molecule has 1 aliphatic rings. The first-order chi connectivity index (χ1) is 14.9. The fraction of sp³-hybridized carbons (Fsp3) is 0.120. The van der Waals surface area contributed by atoms with Crippen LogP contribution in [-0.2, 0) is 16.1 Å². The second kappa shape index (κ2) is 8.58. The molecule has 4 nitrogen and oxygen atoms in total. The number of carbonyl (C=O) groups excluding carboxylic acids is 2. The van der Waals surface area contributed by atoms with Gasteiger partial charge < -0.3 is 4.90 Å². The van der Waals surface area contributed by atoms with Crippen molar-refractivity contribution in [3.8, 4) is 0 Å². The van der Waals surface area contributed by atoms with E-state index in [0.717, 1.165) is 16.0 Å². The molecule has 6 heteroatoms. The summed E-state index contributed by atoms with van der Waals surface area (Å²) in [5.41, 5.74) is 3.72. The third-order valence-electron chi connectivity index (χ3n) is 5.19. The van der Waals surface area contributed by atoms with E-state index in [1.54, 1.807) is 12.1 Å². The Morgan fingerprint density at radius 3 is 2.23 bits per heavy atom. The summed E-state index contributed by atoms with van der Waals surface area (Å²) in [7, 11) is 1.81. The molecule has 3 aromatic rings. The van der Waals surface area contributed by atoms with E-state index in [1.807, 2.05) is 73.5 Å². The first-order valence-electron chi connectivity index (χ1n) is 9.77. The van der Waals surface area contributed by atoms with Gasteiger partial charge in [0, 0.05) is 18.6 Å². The zero-order chi connectivity index (χ0) is 22.1. The molecule has 156 valence electrons. The molecular formula is C25H20Cl2N2O2. The molecule has 31 heavy (non-hydrogen) atoms. The van der Waals surface area contributed by atoms with Gasteiger partial charge in [0.1, 0.15) is 5.70 Å². The number of hydrogen-bond acceptors (Lipinski definition) is 3. The summed E-state index contributed by atoms with van der Waals surface area (Å²) in [6, 6.07) is 22.1. The van der Waals surface area contributed by atoms with Crippen molar-refractivity contribution in [2.45, 2.75) is 13.5 Å². The number of anilines is 1. The van der Waals surface area contributed by atoms with E-state index in [-0.39, 0.29) is 10.7 Å². The Labute approximate surface area is 191 Å². The molecule has 2 amide bonds. The van der Waals surface area contributed by atoms with Gasteiger partial charge in [0.25, 0.3) is 11.8 Å². The summed E-state index contributed by atoms with van der Waals surface area (Å²) in [5.74, 6) is -0.851. The molecule has 3 aromatic carbocycles. The van der Waals surface area contributed by atoms with Gasteiger partial charge in [-0.1, -0.05) is 83.4 Å². The predicted molar refractivity (Wildman–Crippen MR) is 125 cm³/mol. The number of halogens is 2. The molecule has 0 spiro atoms. The molecule has 0 fully saturated rings. The quantitative estimate of drug-likeness (QED) is 0.466. The lowest BCUT2D eigenvalue weighted by atomic mass is 10.0. The molecule has 0 N–H and O–H groups in total. The van der Waals surface area contributed by atoms with Gasteiger partial charge in [0.05, 0.1) is 16.3 Å². The number of hydrogen-bond donors (Lipinski definition) is 0. The monoisotopic (exact) mass is 450 g/mol. The number of rotatable bonds is 5. The maximum absolute atomic E-state index is 13.6. The second-order valence-electron chi connectivity index (χ2n) is 7.47. The van der Waals surface area contributed by atoms with Crippen LogP contribution in [0.4, 0.5) is 5.69 Å². The van der Waals surface area contributed by atoms with Gasteiger partial charge >= 0.3 is 0 Å². The van der Waals surface area contributed by atoms with E-state index in [9.17, 15) is 9.59 Å². The van der Waals surface area contributed by atoms with Crippen molar-refractivity contribution < 1.29 is 9.59 Å².